The number of sulfonamides is 1. The number of para-hydroxylation sites is 2. The third-order valence-corrected chi connectivity index (χ3v) is 6.31. The van der Waals surface area contributed by atoms with Crippen LogP contribution in [0.15, 0.2) is 77.7 Å². The molecule has 0 saturated heterocycles. The number of rotatable bonds is 6. The number of carbonyl (C=O) groups excluding carboxylic acids is 2. The van der Waals surface area contributed by atoms with E-state index in [0.29, 0.717) is 28.4 Å². The molecule has 0 saturated carbocycles. The van der Waals surface area contributed by atoms with Crippen LogP contribution in [-0.2, 0) is 19.6 Å². The second-order valence-corrected chi connectivity index (χ2v) is 8.92. The molecule has 0 unspecified atom stereocenters. The van der Waals surface area contributed by atoms with Crippen molar-refractivity contribution in [2.24, 2.45) is 0 Å². The van der Waals surface area contributed by atoms with Crippen LogP contribution in [-0.4, -0.2) is 33.4 Å². The van der Waals surface area contributed by atoms with Crippen LogP contribution in [0.2, 0.25) is 0 Å². The molecular weight excluding hydrogens is 430 g/mol. The van der Waals surface area contributed by atoms with Crippen LogP contribution in [0.5, 0.6) is 5.75 Å². The Bertz CT molecular complexity index is 1280. The number of hydrogen-bond donors (Lipinski definition) is 2. The minimum absolute atomic E-state index is 0.137. The fourth-order valence-corrected chi connectivity index (χ4v) is 4.43. The molecule has 0 radical (unpaired) electrons. The van der Waals surface area contributed by atoms with Gasteiger partial charge < -0.3 is 10.1 Å². The number of benzene rings is 3. The fraction of sp³-hybridized carbons (Fsp3) is 0.130. The number of hydrogen-bond acceptors (Lipinski definition) is 5. The largest absolute Gasteiger partial charge is 0.482 e. The number of aryl methyl sites for hydroxylation is 1. The van der Waals surface area contributed by atoms with Crippen molar-refractivity contribution in [3.05, 3.63) is 78.4 Å². The van der Waals surface area contributed by atoms with Crippen molar-refractivity contribution in [2.45, 2.75) is 11.8 Å². The molecule has 3 aromatic carbocycles. The first-order valence-electron chi connectivity index (χ1n) is 9.84. The molecule has 2 amide bonds. The van der Waals surface area contributed by atoms with E-state index >= 15 is 0 Å². The molecule has 1 aliphatic heterocycles. The SMILES string of the molecule is Cc1ccc(NC(=O)CN2C(=O)COc3ccccc32)cc1NS(=O)(=O)c1ccccc1. The minimum atomic E-state index is -3.77. The molecule has 0 aromatic heterocycles. The highest BCUT2D eigenvalue weighted by atomic mass is 32.2. The second-order valence-electron chi connectivity index (χ2n) is 7.23. The van der Waals surface area contributed by atoms with Crippen molar-refractivity contribution in [2.75, 3.05) is 28.1 Å². The molecule has 2 N–H and O–H groups in total. The zero-order valence-corrected chi connectivity index (χ0v) is 18.1. The van der Waals surface area contributed by atoms with Crippen LogP contribution < -0.4 is 19.7 Å². The Morgan fingerprint density at radius 1 is 1.03 bits per heavy atom. The van der Waals surface area contributed by atoms with Gasteiger partial charge >= 0.3 is 0 Å². The maximum Gasteiger partial charge on any atom is 0.265 e. The van der Waals surface area contributed by atoms with Crippen LogP contribution in [0.1, 0.15) is 5.56 Å². The average molecular weight is 452 g/mol. The van der Waals surface area contributed by atoms with E-state index in [0.717, 1.165) is 0 Å². The van der Waals surface area contributed by atoms with Gasteiger partial charge in [-0.1, -0.05) is 36.4 Å². The predicted molar refractivity (Wildman–Crippen MR) is 121 cm³/mol. The summed E-state index contributed by atoms with van der Waals surface area (Å²) in [5.41, 5.74) is 1.97. The van der Waals surface area contributed by atoms with Gasteiger partial charge in [-0.15, -0.1) is 0 Å². The maximum atomic E-state index is 12.7. The summed E-state index contributed by atoms with van der Waals surface area (Å²) in [4.78, 5) is 26.4. The Morgan fingerprint density at radius 3 is 2.53 bits per heavy atom. The number of amides is 2. The Balaban J connectivity index is 1.50. The molecule has 4 rings (SSSR count). The third-order valence-electron chi connectivity index (χ3n) is 4.93. The van der Waals surface area contributed by atoms with Gasteiger partial charge in [0, 0.05) is 5.69 Å². The number of anilines is 3. The van der Waals surface area contributed by atoms with Crippen molar-refractivity contribution in [3.8, 4) is 5.75 Å². The molecule has 0 spiro atoms. The van der Waals surface area contributed by atoms with Crippen molar-refractivity contribution in [3.63, 3.8) is 0 Å². The summed E-state index contributed by atoms with van der Waals surface area (Å²) < 4.78 is 33.2. The highest BCUT2D eigenvalue weighted by Crippen LogP contribution is 2.31. The first-order chi connectivity index (χ1) is 15.3. The molecule has 32 heavy (non-hydrogen) atoms. The van der Waals surface area contributed by atoms with E-state index in [1.165, 1.54) is 17.0 Å². The first-order valence-corrected chi connectivity index (χ1v) is 11.3. The molecule has 0 aliphatic carbocycles. The Hall–Kier alpha value is -3.85. The number of ether oxygens (including phenoxy) is 1. The van der Waals surface area contributed by atoms with Gasteiger partial charge in [0.1, 0.15) is 12.3 Å². The predicted octanol–water partition coefficient (Wildman–Crippen LogP) is 3.16. The Kier molecular flexibility index (Phi) is 5.83. The highest BCUT2D eigenvalue weighted by molar-refractivity contribution is 7.92. The summed E-state index contributed by atoms with van der Waals surface area (Å²) in [6.45, 7) is 1.43. The monoisotopic (exact) mass is 451 g/mol. The summed E-state index contributed by atoms with van der Waals surface area (Å²) in [5, 5.41) is 2.73. The van der Waals surface area contributed by atoms with Crippen LogP contribution in [0.25, 0.3) is 0 Å². The lowest BCUT2D eigenvalue weighted by molar-refractivity contribution is -0.123. The third kappa shape index (κ3) is 4.57. The van der Waals surface area contributed by atoms with Crippen LogP contribution in [0.4, 0.5) is 17.1 Å². The molecule has 9 heteroatoms. The normalized spacial score (nSPS) is 13.2. The van der Waals surface area contributed by atoms with E-state index in [1.54, 1.807) is 67.6 Å². The standard InChI is InChI=1S/C23H21N3O5S/c1-16-11-12-17(13-19(16)25-32(29,30)18-7-3-2-4-8-18)24-22(27)14-26-20-9-5-6-10-21(20)31-15-23(26)28/h2-13,25H,14-15H2,1H3,(H,24,27). The van der Waals surface area contributed by atoms with Gasteiger partial charge in [-0.3, -0.25) is 19.2 Å². The van der Waals surface area contributed by atoms with Crippen molar-refractivity contribution in [1.29, 1.82) is 0 Å². The summed E-state index contributed by atoms with van der Waals surface area (Å²) in [6, 6.07) is 19.9. The molecule has 164 valence electrons. The number of nitrogens with one attached hydrogen (secondary N) is 2. The molecule has 1 heterocycles. The second kappa shape index (κ2) is 8.72. The van der Waals surface area contributed by atoms with Crippen molar-refractivity contribution < 1.29 is 22.7 Å². The van der Waals surface area contributed by atoms with E-state index in [9.17, 15) is 18.0 Å². The van der Waals surface area contributed by atoms with Gasteiger partial charge in [0.25, 0.3) is 15.9 Å². The van der Waals surface area contributed by atoms with Crippen molar-refractivity contribution >= 4 is 38.9 Å². The van der Waals surface area contributed by atoms with Gasteiger partial charge in [0.05, 0.1) is 16.3 Å². The topological polar surface area (TPSA) is 105 Å². The van der Waals surface area contributed by atoms with E-state index < -0.39 is 15.9 Å². The average Bonchev–Trinajstić information content (AvgIpc) is 2.78. The van der Waals surface area contributed by atoms with Crippen LogP contribution >= 0.6 is 0 Å². The molecule has 8 nitrogen and oxygen atoms in total. The zero-order chi connectivity index (χ0) is 22.7. The van der Waals surface area contributed by atoms with Gasteiger partial charge in [0.2, 0.25) is 5.91 Å². The highest BCUT2D eigenvalue weighted by Gasteiger charge is 2.27. The van der Waals surface area contributed by atoms with E-state index in [2.05, 4.69) is 10.0 Å². The number of carbonyl (C=O) groups is 2. The number of fused-ring (bicyclic) bond motifs is 1. The van der Waals surface area contributed by atoms with Crippen LogP contribution in [0.3, 0.4) is 0 Å². The molecule has 1 aliphatic rings. The van der Waals surface area contributed by atoms with Gasteiger partial charge in [-0.25, -0.2) is 8.42 Å². The van der Waals surface area contributed by atoms with Gasteiger partial charge in [-0.05, 0) is 48.9 Å². The Labute approximate surface area is 185 Å². The minimum Gasteiger partial charge on any atom is -0.482 e. The molecule has 0 atom stereocenters. The number of nitrogens with zero attached hydrogens (tertiary/aromatic N) is 1. The van der Waals surface area contributed by atoms with Crippen molar-refractivity contribution in [1.82, 2.24) is 0 Å². The fourth-order valence-electron chi connectivity index (χ4n) is 3.28. The lowest BCUT2D eigenvalue weighted by Crippen LogP contribution is -2.43. The smallest absolute Gasteiger partial charge is 0.265 e. The quantitative estimate of drug-likeness (QED) is 0.599. The summed E-state index contributed by atoms with van der Waals surface area (Å²) in [5.74, 6) is -0.206. The van der Waals surface area contributed by atoms with E-state index in [4.69, 9.17) is 4.74 Å². The molecular formula is C23H21N3O5S. The lowest BCUT2D eigenvalue weighted by Gasteiger charge is -2.28. The first kappa shape index (κ1) is 21.4. The van der Waals surface area contributed by atoms with E-state index in [-0.39, 0.29) is 24.0 Å². The zero-order valence-electron chi connectivity index (χ0n) is 17.2. The summed E-state index contributed by atoms with van der Waals surface area (Å²) in [6.07, 6.45) is 0. The van der Waals surface area contributed by atoms with Crippen LogP contribution in [0, 0.1) is 6.92 Å². The summed E-state index contributed by atoms with van der Waals surface area (Å²) in [7, 11) is -3.77. The lowest BCUT2D eigenvalue weighted by atomic mass is 10.2. The molecule has 0 bridgehead atoms. The van der Waals surface area contributed by atoms with Gasteiger partial charge in [0.15, 0.2) is 6.61 Å². The Morgan fingerprint density at radius 2 is 1.75 bits per heavy atom. The van der Waals surface area contributed by atoms with E-state index in [1.807, 2.05) is 0 Å². The maximum absolute atomic E-state index is 12.7. The molecule has 0 fully saturated rings. The molecule has 3 aromatic rings. The summed E-state index contributed by atoms with van der Waals surface area (Å²) >= 11 is 0. The van der Waals surface area contributed by atoms with Gasteiger partial charge in [-0.2, -0.15) is 0 Å².